The van der Waals surface area contributed by atoms with Crippen molar-refractivity contribution in [1.29, 1.82) is 0 Å². The maximum Gasteiger partial charge on any atom is 0.324 e. The fourth-order valence-corrected chi connectivity index (χ4v) is 8.82. The van der Waals surface area contributed by atoms with Gasteiger partial charge in [-0.3, -0.25) is 19.4 Å². The molecule has 3 N–H and O–H groups in total. The van der Waals surface area contributed by atoms with E-state index in [2.05, 4.69) is 38.8 Å². The molecule has 0 spiro atoms. The SMILES string of the molecule is C=CC=N/C(=C/c1c2c3cc(c(F)cc3n1CC)N1CCOC(CC(NC(=O)CN(C)C(=O)C3(F)CCNCC3)C(=C)N3CCCC(N3)C(=O)OCC(C)(C)C2)C1)C(C)OC. The Morgan fingerprint density at radius 3 is 2.69 bits per heavy atom. The van der Waals surface area contributed by atoms with Crippen LogP contribution in [0.3, 0.4) is 0 Å². The lowest BCUT2D eigenvalue weighted by Crippen LogP contribution is -2.57. The predicted molar refractivity (Wildman–Crippen MR) is 233 cm³/mol. The molecule has 2 aromatic rings. The number of hydrogen-bond donors (Lipinski definition) is 3. The Morgan fingerprint density at radius 2 is 1.98 bits per heavy atom. The summed E-state index contributed by atoms with van der Waals surface area (Å²) in [6.45, 7) is 18.8. The predicted octanol–water partition coefficient (Wildman–Crippen LogP) is 4.67. The number of aliphatic imine (C=N–C) groups is 1. The van der Waals surface area contributed by atoms with E-state index in [9.17, 15) is 14.4 Å². The monoisotopic (exact) mass is 850 g/mol. The topological polar surface area (TPSA) is 142 Å². The summed E-state index contributed by atoms with van der Waals surface area (Å²) in [4.78, 5) is 48.5. The summed E-state index contributed by atoms with van der Waals surface area (Å²) >= 11 is 0. The molecular formula is C45H64F2N8O6. The second kappa shape index (κ2) is 19.6. The number of hydrazine groups is 1. The van der Waals surface area contributed by atoms with Gasteiger partial charge in [0.05, 0.1) is 54.9 Å². The van der Waals surface area contributed by atoms with Crippen LogP contribution in [0.5, 0.6) is 0 Å². The second-order valence-electron chi connectivity index (χ2n) is 17.5. The van der Waals surface area contributed by atoms with Crippen molar-refractivity contribution in [2.75, 3.05) is 71.5 Å². The number of fused-ring (bicyclic) bond motifs is 6. The molecule has 1 aromatic heterocycles. The number of hydrogen-bond acceptors (Lipinski definition) is 11. The largest absolute Gasteiger partial charge is 0.464 e. The number of esters is 1. The van der Waals surface area contributed by atoms with Gasteiger partial charge in [-0.05, 0) is 63.9 Å². The number of carbonyl (C=O) groups excluding carboxylic acids is 3. The zero-order chi connectivity index (χ0) is 44.1. The maximum absolute atomic E-state index is 16.6. The van der Waals surface area contributed by atoms with Gasteiger partial charge in [0.25, 0.3) is 5.91 Å². The van der Waals surface area contributed by atoms with Crippen molar-refractivity contribution >= 4 is 46.7 Å². The molecule has 61 heavy (non-hydrogen) atoms. The summed E-state index contributed by atoms with van der Waals surface area (Å²) in [5, 5.41) is 8.74. The van der Waals surface area contributed by atoms with Gasteiger partial charge in [0.2, 0.25) is 5.91 Å². The number of nitrogens with one attached hydrogen (secondary N) is 3. The van der Waals surface area contributed by atoms with Gasteiger partial charge in [0, 0.05) is 94.1 Å². The number of carbonyl (C=O) groups is 3. The molecule has 3 saturated heterocycles. The van der Waals surface area contributed by atoms with E-state index in [1.54, 1.807) is 30.5 Å². The van der Waals surface area contributed by atoms with Crippen LogP contribution < -0.4 is 21.0 Å². The smallest absolute Gasteiger partial charge is 0.324 e. The highest BCUT2D eigenvalue weighted by atomic mass is 19.1. The van der Waals surface area contributed by atoms with Gasteiger partial charge < -0.3 is 44.2 Å². The molecule has 334 valence electrons. The minimum atomic E-state index is -2.04. The Balaban J connectivity index is 1.39. The third-order valence-electron chi connectivity index (χ3n) is 12.3. The van der Waals surface area contributed by atoms with Gasteiger partial charge in [0.15, 0.2) is 5.67 Å². The van der Waals surface area contributed by atoms with Crippen LogP contribution in [-0.4, -0.2) is 135 Å². The molecule has 0 radical (unpaired) electrons. The van der Waals surface area contributed by atoms with E-state index >= 15 is 8.78 Å². The molecule has 6 bridgehead atoms. The standard InChI is InChI=1S/C45H64F2N8O6/c1-9-15-49-37(30(4)59-8)24-39-33-25-44(5,6)28-61-42(57)35-12-11-18-55(51-35)29(3)36(50-41(56)27-52(7)43(58)45(47)13-16-48-17-14-45)21-31-26-53(19-20-60-31)40-22-32(33)38(23-34(40)46)54(39)10-2/h9,15,22-24,30-31,35-36,48,51H,1,3,10-14,16-21,25-28H2,2,4-8H3,(H,50,56)/b37-24+,49-15?. The summed E-state index contributed by atoms with van der Waals surface area (Å²) in [5.74, 6) is -2.03. The molecular weight excluding hydrogens is 787 g/mol. The van der Waals surface area contributed by atoms with Crippen molar-refractivity contribution in [2.24, 2.45) is 10.4 Å². The number of halogens is 2. The number of benzene rings is 1. The van der Waals surface area contributed by atoms with Crippen LogP contribution in [0.2, 0.25) is 0 Å². The molecule has 4 unspecified atom stereocenters. The van der Waals surface area contributed by atoms with Gasteiger partial charge in [-0.1, -0.05) is 33.1 Å². The normalized spacial score (nSPS) is 24.3. The van der Waals surface area contributed by atoms with Crippen LogP contribution in [0.15, 0.2) is 47.8 Å². The van der Waals surface area contributed by atoms with E-state index in [-0.39, 0.29) is 44.3 Å². The Labute approximate surface area is 358 Å². The van der Waals surface area contributed by atoms with E-state index in [0.717, 1.165) is 27.1 Å². The molecule has 14 nitrogen and oxygen atoms in total. The van der Waals surface area contributed by atoms with Gasteiger partial charge in [-0.15, -0.1) is 0 Å². The highest BCUT2D eigenvalue weighted by Crippen LogP contribution is 2.38. The molecule has 6 rings (SSSR count). The Hall–Kier alpha value is -4.64. The molecule has 2 amide bonds. The molecule has 3 fully saturated rings. The number of amides is 2. The zero-order valence-electron chi connectivity index (χ0n) is 36.7. The van der Waals surface area contributed by atoms with E-state index in [1.165, 1.54) is 7.05 Å². The number of aryl methyl sites for hydroxylation is 1. The van der Waals surface area contributed by atoms with E-state index in [1.807, 2.05) is 44.7 Å². The molecule has 0 aliphatic carbocycles. The van der Waals surface area contributed by atoms with Crippen molar-refractivity contribution < 1.29 is 37.4 Å². The number of rotatable bonds is 10. The lowest BCUT2D eigenvalue weighted by atomic mass is 9.85. The summed E-state index contributed by atoms with van der Waals surface area (Å²) in [6.07, 6.45) is 6.38. The fraction of sp³-hybridized carbons (Fsp3) is 0.600. The number of anilines is 1. The van der Waals surface area contributed by atoms with Crippen LogP contribution in [0.25, 0.3) is 17.0 Å². The third kappa shape index (κ3) is 10.5. The summed E-state index contributed by atoms with van der Waals surface area (Å²) in [6, 6.07) is 2.11. The summed E-state index contributed by atoms with van der Waals surface area (Å²) < 4.78 is 52.3. The van der Waals surface area contributed by atoms with Crippen LogP contribution in [0, 0.1) is 11.2 Å². The van der Waals surface area contributed by atoms with Gasteiger partial charge >= 0.3 is 5.97 Å². The minimum Gasteiger partial charge on any atom is -0.464 e. The van der Waals surface area contributed by atoms with Crippen LogP contribution in [0.1, 0.15) is 71.1 Å². The molecule has 4 atom stereocenters. The first kappa shape index (κ1) is 45.9. The Kier molecular flexibility index (Phi) is 14.7. The first-order valence-electron chi connectivity index (χ1n) is 21.5. The molecule has 0 saturated carbocycles. The number of methoxy groups -OCH3 is 1. The lowest BCUT2D eigenvalue weighted by Gasteiger charge is -2.41. The highest BCUT2D eigenvalue weighted by molar-refractivity contribution is 5.92. The molecule has 4 aliphatic heterocycles. The highest BCUT2D eigenvalue weighted by Gasteiger charge is 2.42. The number of likely N-dealkylation sites (N-methyl/N-ethyl adjacent to an activating group) is 1. The van der Waals surface area contributed by atoms with Crippen molar-refractivity contribution in [3.8, 4) is 0 Å². The van der Waals surface area contributed by atoms with Crippen LogP contribution >= 0.6 is 0 Å². The van der Waals surface area contributed by atoms with Crippen molar-refractivity contribution in [1.82, 2.24) is 30.5 Å². The quantitative estimate of drug-likeness (QED) is 0.228. The molecule has 4 aliphatic rings. The number of aromatic nitrogens is 1. The minimum absolute atomic E-state index is 0.0335. The summed E-state index contributed by atoms with van der Waals surface area (Å²) in [7, 11) is 3.05. The van der Waals surface area contributed by atoms with Crippen LogP contribution in [0.4, 0.5) is 14.5 Å². The van der Waals surface area contributed by atoms with Gasteiger partial charge in [-0.2, -0.15) is 0 Å². The van der Waals surface area contributed by atoms with Crippen molar-refractivity contribution in [2.45, 2.75) is 103 Å². The van der Waals surface area contributed by atoms with Crippen LogP contribution in [-0.2, 0) is 41.6 Å². The van der Waals surface area contributed by atoms with E-state index in [4.69, 9.17) is 14.2 Å². The average Bonchev–Trinajstić information content (AvgIpc) is 3.51. The average molecular weight is 851 g/mol. The molecule has 1 aromatic carbocycles. The Bertz CT molecular complexity index is 2030. The first-order valence-corrected chi connectivity index (χ1v) is 21.5. The fourth-order valence-electron chi connectivity index (χ4n) is 8.82. The number of piperidine rings is 1. The summed E-state index contributed by atoms with van der Waals surface area (Å²) in [5.41, 5.74) is 4.82. The number of morpholine rings is 1. The van der Waals surface area contributed by atoms with E-state index < -0.39 is 47.1 Å². The number of alkyl halides is 1. The third-order valence-corrected chi connectivity index (χ3v) is 12.3. The van der Waals surface area contributed by atoms with E-state index in [0.29, 0.717) is 82.2 Å². The first-order chi connectivity index (χ1) is 29.1. The Morgan fingerprint density at radius 1 is 1.23 bits per heavy atom. The van der Waals surface area contributed by atoms with Crippen molar-refractivity contribution in [3.05, 3.63) is 59.8 Å². The second-order valence-corrected chi connectivity index (χ2v) is 17.5. The van der Waals surface area contributed by atoms with Gasteiger partial charge in [0.1, 0.15) is 11.9 Å². The number of cyclic esters (lactones) is 1. The zero-order valence-corrected chi connectivity index (χ0v) is 36.7. The number of ether oxygens (including phenoxy) is 3. The number of nitrogens with zero attached hydrogens (tertiary/aromatic N) is 5. The van der Waals surface area contributed by atoms with Gasteiger partial charge in [-0.25, -0.2) is 14.2 Å². The molecule has 16 heteroatoms. The van der Waals surface area contributed by atoms with Crippen molar-refractivity contribution in [3.63, 3.8) is 0 Å². The molecule has 5 heterocycles. The number of allylic oxidation sites excluding steroid dienone is 1. The lowest BCUT2D eigenvalue weighted by molar-refractivity contribution is -0.152. The maximum atomic E-state index is 16.6.